The third kappa shape index (κ3) is 3.48. The topological polar surface area (TPSA) is 106 Å². The van der Waals surface area contributed by atoms with Gasteiger partial charge in [-0.15, -0.1) is 0 Å². The molecule has 7 nitrogen and oxygen atoms in total. The second-order valence-electron chi connectivity index (χ2n) is 7.68. The molecule has 1 saturated heterocycles. The summed E-state index contributed by atoms with van der Waals surface area (Å²) < 4.78 is 24.9. The molecule has 2 heterocycles. The number of nitrogens with two attached hydrogens (primary N) is 1. The van der Waals surface area contributed by atoms with Crippen LogP contribution >= 0.6 is 0 Å². The summed E-state index contributed by atoms with van der Waals surface area (Å²) in [6, 6.07) is 8.28. The lowest BCUT2D eigenvalue weighted by atomic mass is 9.77. The lowest BCUT2D eigenvalue weighted by Gasteiger charge is -2.40. The number of anilines is 1. The molecule has 1 unspecified atom stereocenters. The predicted molar refractivity (Wildman–Crippen MR) is 105 cm³/mol. The fraction of sp³-hybridized carbons (Fsp3) is 0.450. The van der Waals surface area contributed by atoms with Gasteiger partial charge in [-0.25, -0.2) is 18.4 Å². The Morgan fingerprint density at radius 1 is 1.21 bits per heavy atom. The van der Waals surface area contributed by atoms with E-state index in [0.29, 0.717) is 13.1 Å². The van der Waals surface area contributed by atoms with Gasteiger partial charge in [0.25, 0.3) is 0 Å². The van der Waals surface area contributed by atoms with Crippen LogP contribution in [-0.2, 0) is 26.5 Å². The van der Waals surface area contributed by atoms with Crippen molar-refractivity contribution in [3.05, 3.63) is 47.8 Å². The van der Waals surface area contributed by atoms with E-state index in [1.54, 1.807) is 41.4 Å². The number of sulfone groups is 1. The first-order valence-electron chi connectivity index (χ1n) is 9.57. The number of carbonyl (C=O) groups is 1. The average Bonchev–Trinajstić information content (AvgIpc) is 3.04. The summed E-state index contributed by atoms with van der Waals surface area (Å²) >= 11 is 0. The van der Waals surface area contributed by atoms with Crippen LogP contribution in [0.1, 0.15) is 36.9 Å². The van der Waals surface area contributed by atoms with Crippen molar-refractivity contribution in [2.75, 3.05) is 24.6 Å². The van der Waals surface area contributed by atoms with E-state index in [-0.39, 0.29) is 34.3 Å². The number of nitrogen functional groups attached to an aromatic ring is 1. The Balaban J connectivity index is 1.46. The average molecular weight is 401 g/mol. The van der Waals surface area contributed by atoms with Gasteiger partial charge in [-0.3, -0.25) is 4.79 Å². The van der Waals surface area contributed by atoms with E-state index in [1.807, 2.05) is 0 Å². The van der Waals surface area contributed by atoms with Crippen LogP contribution in [0.2, 0.25) is 0 Å². The van der Waals surface area contributed by atoms with Crippen molar-refractivity contribution in [3.63, 3.8) is 0 Å². The molecule has 1 fully saturated rings. The molecule has 8 heteroatoms. The van der Waals surface area contributed by atoms with Crippen molar-refractivity contribution in [2.45, 2.75) is 42.4 Å². The molecule has 1 amide bonds. The van der Waals surface area contributed by atoms with Gasteiger partial charge in [0.05, 0.1) is 16.3 Å². The van der Waals surface area contributed by atoms with Gasteiger partial charge in [-0.2, -0.15) is 0 Å². The van der Waals surface area contributed by atoms with Crippen LogP contribution in [0, 0.1) is 0 Å². The Morgan fingerprint density at radius 3 is 2.79 bits per heavy atom. The number of hydrogen-bond acceptors (Lipinski definition) is 6. The van der Waals surface area contributed by atoms with Crippen molar-refractivity contribution in [3.8, 4) is 0 Å². The predicted octanol–water partition coefficient (Wildman–Crippen LogP) is 1.73. The van der Waals surface area contributed by atoms with Crippen molar-refractivity contribution < 1.29 is 13.2 Å². The summed E-state index contributed by atoms with van der Waals surface area (Å²) in [5.74, 6) is -0.0306. The number of likely N-dealkylation sites (tertiary alicyclic amines) is 1. The molecule has 1 aromatic carbocycles. The lowest BCUT2D eigenvalue weighted by molar-refractivity contribution is -0.133. The normalized spacial score (nSPS) is 21.6. The number of nitrogens with zero attached hydrogens (tertiary/aromatic N) is 3. The van der Waals surface area contributed by atoms with Crippen molar-refractivity contribution in [1.82, 2.24) is 14.9 Å². The molecule has 2 N–H and O–H groups in total. The summed E-state index contributed by atoms with van der Waals surface area (Å²) in [6.45, 7) is 1.22. The third-order valence-electron chi connectivity index (χ3n) is 5.87. The van der Waals surface area contributed by atoms with E-state index in [4.69, 9.17) is 5.73 Å². The molecular weight excluding hydrogens is 376 g/mol. The minimum Gasteiger partial charge on any atom is -0.368 e. The number of amides is 1. The molecule has 1 atom stereocenters. The standard InChI is InChI=1S/C20H24N4O3S/c21-19-22-13-15-7-10-20(18(15)23-19)9-4-11-24(14-20)17(25)8-12-28(26,27)16-5-2-1-3-6-16/h1-3,5-6,13H,4,7-12,14H2,(H2,21,22,23). The highest BCUT2D eigenvalue weighted by Crippen LogP contribution is 2.44. The lowest BCUT2D eigenvalue weighted by Crippen LogP contribution is -2.48. The van der Waals surface area contributed by atoms with Crippen molar-refractivity contribution >= 4 is 21.7 Å². The number of hydrogen-bond donors (Lipinski definition) is 1. The van der Waals surface area contributed by atoms with Crippen LogP contribution in [-0.4, -0.2) is 48.0 Å². The number of rotatable bonds is 4. The summed E-state index contributed by atoms with van der Waals surface area (Å²) in [5.41, 5.74) is 7.69. The molecule has 28 heavy (non-hydrogen) atoms. The Kier molecular flexibility index (Phi) is 4.82. The number of benzene rings is 1. The number of aromatic nitrogens is 2. The smallest absolute Gasteiger partial charge is 0.223 e. The first-order chi connectivity index (χ1) is 13.4. The maximum absolute atomic E-state index is 12.8. The Bertz CT molecular complexity index is 990. The molecule has 0 radical (unpaired) electrons. The highest BCUT2D eigenvalue weighted by molar-refractivity contribution is 7.91. The van der Waals surface area contributed by atoms with E-state index < -0.39 is 9.84 Å². The van der Waals surface area contributed by atoms with Crippen LogP contribution in [0.25, 0.3) is 0 Å². The van der Waals surface area contributed by atoms with Gasteiger partial charge >= 0.3 is 0 Å². The van der Waals surface area contributed by atoms with Crippen LogP contribution in [0.3, 0.4) is 0 Å². The van der Waals surface area contributed by atoms with E-state index in [1.165, 1.54) is 0 Å². The van der Waals surface area contributed by atoms with Crippen LogP contribution in [0.15, 0.2) is 41.4 Å². The number of piperidine rings is 1. The van der Waals surface area contributed by atoms with Crippen molar-refractivity contribution in [2.24, 2.45) is 0 Å². The molecular formula is C20H24N4O3S. The highest BCUT2D eigenvalue weighted by atomic mass is 32.2. The molecule has 1 aliphatic carbocycles. The SMILES string of the molecule is Nc1ncc2c(n1)C1(CCCN(C(=O)CCS(=O)(=O)c3ccccc3)C1)CC2. The molecule has 0 bridgehead atoms. The summed E-state index contributed by atoms with van der Waals surface area (Å²) in [7, 11) is -3.46. The first-order valence-corrected chi connectivity index (χ1v) is 11.2. The molecule has 1 spiro atoms. The molecule has 1 aliphatic heterocycles. The van der Waals surface area contributed by atoms with Gasteiger partial charge < -0.3 is 10.6 Å². The fourth-order valence-electron chi connectivity index (χ4n) is 4.42. The molecule has 0 saturated carbocycles. The van der Waals surface area contributed by atoms with E-state index in [9.17, 15) is 13.2 Å². The van der Waals surface area contributed by atoms with Crippen LogP contribution in [0.5, 0.6) is 0 Å². The Hall–Kier alpha value is -2.48. The maximum atomic E-state index is 12.8. The summed E-state index contributed by atoms with van der Waals surface area (Å²) in [5, 5.41) is 0. The zero-order chi connectivity index (χ0) is 19.8. The largest absolute Gasteiger partial charge is 0.368 e. The van der Waals surface area contributed by atoms with E-state index in [0.717, 1.165) is 36.9 Å². The van der Waals surface area contributed by atoms with E-state index >= 15 is 0 Å². The molecule has 4 rings (SSSR count). The van der Waals surface area contributed by atoms with Crippen molar-refractivity contribution in [1.29, 1.82) is 0 Å². The van der Waals surface area contributed by atoms with E-state index in [2.05, 4.69) is 9.97 Å². The van der Waals surface area contributed by atoms with Gasteiger partial charge in [-0.05, 0) is 43.4 Å². The number of carbonyl (C=O) groups excluding carboxylic acids is 1. The monoisotopic (exact) mass is 400 g/mol. The summed E-state index contributed by atoms with van der Waals surface area (Å²) in [4.78, 5) is 23.4. The molecule has 148 valence electrons. The van der Waals surface area contributed by atoms with Crippen LogP contribution in [0.4, 0.5) is 5.95 Å². The Labute approximate surface area is 164 Å². The minimum atomic E-state index is -3.46. The molecule has 1 aromatic heterocycles. The first kappa shape index (κ1) is 18.9. The maximum Gasteiger partial charge on any atom is 0.223 e. The third-order valence-corrected chi connectivity index (χ3v) is 7.61. The Morgan fingerprint density at radius 2 is 2.00 bits per heavy atom. The van der Waals surface area contributed by atoms with Crippen LogP contribution < -0.4 is 5.73 Å². The summed E-state index contributed by atoms with van der Waals surface area (Å²) in [6.07, 6.45) is 5.43. The molecule has 2 aromatic rings. The zero-order valence-electron chi connectivity index (χ0n) is 15.7. The fourth-order valence-corrected chi connectivity index (χ4v) is 5.67. The second kappa shape index (κ2) is 7.16. The van der Waals surface area contributed by atoms with Gasteiger partial charge in [0, 0.05) is 31.1 Å². The number of aryl methyl sites for hydroxylation is 1. The number of fused-ring (bicyclic) bond motifs is 2. The van der Waals surface area contributed by atoms with Gasteiger partial charge in [0.15, 0.2) is 9.84 Å². The van der Waals surface area contributed by atoms with Gasteiger partial charge in [-0.1, -0.05) is 18.2 Å². The second-order valence-corrected chi connectivity index (χ2v) is 9.79. The highest BCUT2D eigenvalue weighted by Gasteiger charge is 2.44. The van der Waals surface area contributed by atoms with Gasteiger partial charge in [0.2, 0.25) is 11.9 Å². The quantitative estimate of drug-likeness (QED) is 0.838. The van der Waals surface area contributed by atoms with Gasteiger partial charge in [0.1, 0.15) is 0 Å². The minimum absolute atomic E-state index is 0.00786. The molecule has 2 aliphatic rings. The zero-order valence-corrected chi connectivity index (χ0v) is 16.5.